The molecule has 0 unspecified atom stereocenters. The number of carbonyl (C=O) groups excluding carboxylic acids is 4. The molecule has 0 bridgehead atoms. The summed E-state index contributed by atoms with van der Waals surface area (Å²) >= 11 is 0. The fourth-order valence-electron chi connectivity index (χ4n) is 3.96. The molecule has 0 aromatic heterocycles. The van der Waals surface area contributed by atoms with Crippen molar-refractivity contribution < 1.29 is 23.9 Å². The summed E-state index contributed by atoms with van der Waals surface area (Å²) in [4.78, 5) is 54.0. The lowest BCUT2D eigenvalue weighted by Crippen LogP contribution is -2.52. The quantitative estimate of drug-likeness (QED) is 0.420. The summed E-state index contributed by atoms with van der Waals surface area (Å²) in [6, 6.07) is 4.90. The maximum Gasteiger partial charge on any atom is 0.255 e. The number of carbonyl (C=O) groups is 4. The molecule has 4 N–H and O–H groups in total. The number of nitrogens with one attached hydrogen (secondary N) is 4. The number of likely N-dealkylation sites (N-methyl/N-ethyl adjacent to an activating group) is 1. The number of hydrogen-bond donors (Lipinski definition) is 4. The van der Waals surface area contributed by atoms with Crippen LogP contribution >= 0.6 is 0 Å². The minimum Gasteiger partial charge on any atom is -0.493 e. The number of fused-ring (bicyclic) bond motifs is 1. The molecule has 0 radical (unpaired) electrons. The molecule has 1 aromatic carbocycles. The van der Waals surface area contributed by atoms with Crippen LogP contribution in [0, 0.1) is 5.92 Å². The van der Waals surface area contributed by atoms with Crippen molar-refractivity contribution in [2.45, 2.75) is 59.0 Å². The number of nitrogens with zero attached hydrogens (tertiary/aromatic N) is 1. The van der Waals surface area contributed by atoms with E-state index in [1.807, 2.05) is 27.7 Å². The van der Waals surface area contributed by atoms with Crippen molar-refractivity contribution in [2.24, 2.45) is 5.92 Å². The average Bonchev–Trinajstić information content (AvgIpc) is 2.85. The number of hydrogen-bond acceptors (Lipinski definition) is 6. The Balaban J connectivity index is 2.25. The van der Waals surface area contributed by atoms with Gasteiger partial charge in [-0.3, -0.25) is 19.2 Å². The zero-order chi connectivity index (χ0) is 26.5. The van der Waals surface area contributed by atoms with E-state index in [-0.39, 0.29) is 23.8 Å². The maximum absolute atomic E-state index is 13.1. The van der Waals surface area contributed by atoms with E-state index in [2.05, 4.69) is 26.2 Å². The van der Waals surface area contributed by atoms with E-state index in [1.165, 1.54) is 0 Å². The summed E-state index contributed by atoms with van der Waals surface area (Å²) in [6.07, 6.45) is 0.682. The van der Waals surface area contributed by atoms with Gasteiger partial charge < -0.3 is 30.9 Å². The highest BCUT2D eigenvalue weighted by molar-refractivity contribution is 6.01. The predicted molar refractivity (Wildman–Crippen MR) is 138 cm³/mol. The molecule has 1 heterocycles. The van der Waals surface area contributed by atoms with Gasteiger partial charge in [-0.15, -0.1) is 0 Å². The summed E-state index contributed by atoms with van der Waals surface area (Å²) in [5, 5.41) is 11.1. The Morgan fingerprint density at radius 1 is 1.14 bits per heavy atom. The summed E-state index contributed by atoms with van der Waals surface area (Å²) in [7, 11) is 0. The molecule has 4 amide bonds. The van der Waals surface area contributed by atoms with Gasteiger partial charge in [-0.25, -0.2) is 0 Å². The second kappa shape index (κ2) is 15.1. The van der Waals surface area contributed by atoms with Crippen LogP contribution in [-0.4, -0.2) is 79.9 Å². The number of amides is 4. The van der Waals surface area contributed by atoms with Crippen molar-refractivity contribution in [3.05, 3.63) is 29.8 Å². The van der Waals surface area contributed by atoms with E-state index >= 15 is 0 Å². The van der Waals surface area contributed by atoms with Gasteiger partial charge in [-0.05, 0) is 44.0 Å². The van der Waals surface area contributed by atoms with Crippen molar-refractivity contribution in [3.63, 3.8) is 0 Å². The molecule has 0 aliphatic carbocycles. The van der Waals surface area contributed by atoms with Crippen molar-refractivity contribution in [1.82, 2.24) is 26.2 Å². The molecule has 0 fully saturated rings. The molecule has 36 heavy (non-hydrogen) atoms. The van der Waals surface area contributed by atoms with Gasteiger partial charge in [0.2, 0.25) is 17.7 Å². The highest BCUT2D eigenvalue weighted by atomic mass is 16.5. The Labute approximate surface area is 213 Å². The van der Waals surface area contributed by atoms with Gasteiger partial charge in [0.25, 0.3) is 5.91 Å². The van der Waals surface area contributed by atoms with Gasteiger partial charge in [-0.2, -0.15) is 0 Å². The van der Waals surface area contributed by atoms with Crippen LogP contribution in [0.15, 0.2) is 24.3 Å². The fraction of sp³-hybridized carbons (Fsp3) is 0.615. The van der Waals surface area contributed by atoms with Crippen molar-refractivity contribution in [1.29, 1.82) is 0 Å². The predicted octanol–water partition coefficient (Wildman–Crippen LogP) is 1.06. The molecule has 1 aliphatic heterocycles. The van der Waals surface area contributed by atoms with Crippen LogP contribution in [0.5, 0.6) is 5.75 Å². The van der Waals surface area contributed by atoms with Gasteiger partial charge in [0.05, 0.1) is 18.6 Å². The Kier molecular flexibility index (Phi) is 12.2. The molecule has 2 atom stereocenters. The van der Waals surface area contributed by atoms with E-state index in [1.54, 1.807) is 24.3 Å². The first kappa shape index (κ1) is 29.1. The SMILES string of the molecule is CCN(CC)CCNC(=O)[C@@H]1CC(=O)N[C@@H](CC(C)C)C(=O)NCCCOc2ccccc2C(=O)N1. The summed E-state index contributed by atoms with van der Waals surface area (Å²) in [5.74, 6) is -1.20. The molecular weight excluding hydrogens is 462 g/mol. The number of rotatable bonds is 8. The third kappa shape index (κ3) is 9.49. The first-order valence-electron chi connectivity index (χ1n) is 12.8. The van der Waals surface area contributed by atoms with Crippen molar-refractivity contribution >= 4 is 23.6 Å². The van der Waals surface area contributed by atoms with Gasteiger partial charge >= 0.3 is 0 Å². The van der Waals surface area contributed by atoms with Crippen LogP contribution in [0.2, 0.25) is 0 Å². The standard InChI is InChI=1S/C26H41N5O5/c1-5-31(6-2)14-13-28-26(35)21-17-23(32)29-20(16-18(3)4)25(34)27-12-9-15-36-22-11-8-7-10-19(22)24(33)30-21/h7-8,10-11,18,20-21H,5-6,9,12-17H2,1-4H3,(H,27,34)(H,28,35)(H,29,32)(H,30,33)/t20-,21-/m0/s1. The molecule has 10 nitrogen and oxygen atoms in total. The number of benzene rings is 1. The average molecular weight is 504 g/mol. The van der Waals surface area contributed by atoms with E-state index in [0.717, 1.165) is 13.1 Å². The van der Waals surface area contributed by atoms with Crippen LogP contribution in [0.4, 0.5) is 0 Å². The Bertz CT molecular complexity index is 887. The monoisotopic (exact) mass is 503 g/mol. The van der Waals surface area contributed by atoms with E-state index in [0.29, 0.717) is 44.8 Å². The van der Waals surface area contributed by atoms with Gasteiger partial charge in [0.1, 0.15) is 17.8 Å². The van der Waals surface area contributed by atoms with Gasteiger partial charge in [0.15, 0.2) is 0 Å². The van der Waals surface area contributed by atoms with Crippen molar-refractivity contribution in [2.75, 3.05) is 39.3 Å². The highest BCUT2D eigenvalue weighted by Gasteiger charge is 2.28. The van der Waals surface area contributed by atoms with E-state index in [4.69, 9.17) is 4.74 Å². The number of ether oxygens (including phenoxy) is 1. The van der Waals surface area contributed by atoms with Crippen LogP contribution < -0.4 is 26.0 Å². The molecule has 0 saturated carbocycles. The fourth-order valence-corrected chi connectivity index (χ4v) is 3.96. The molecule has 200 valence electrons. The van der Waals surface area contributed by atoms with Crippen LogP contribution in [0.1, 0.15) is 57.3 Å². The molecular formula is C26H41N5O5. The Hall–Kier alpha value is -3.14. The smallest absolute Gasteiger partial charge is 0.255 e. The normalized spacial score (nSPS) is 19.8. The van der Waals surface area contributed by atoms with Gasteiger partial charge in [0, 0.05) is 19.6 Å². The third-order valence-corrected chi connectivity index (χ3v) is 6.00. The lowest BCUT2D eigenvalue weighted by Gasteiger charge is -2.23. The number of para-hydroxylation sites is 1. The lowest BCUT2D eigenvalue weighted by atomic mass is 10.0. The molecule has 0 spiro atoms. The first-order valence-corrected chi connectivity index (χ1v) is 12.8. The molecule has 0 saturated heterocycles. The highest BCUT2D eigenvalue weighted by Crippen LogP contribution is 2.18. The summed E-state index contributed by atoms with van der Waals surface area (Å²) in [6.45, 7) is 11.4. The second-order valence-electron chi connectivity index (χ2n) is 9.29. The van der Waals surface area contributed by atoms with Gasteiger partial charge in [-0.1, -0.05) is 39.8 Å². The molecule has 10 heteroatoms. The topological polar surface area (TPSA) is 129 Å². The lowest BCUT2D eigenvalue weighted by molar-refractivity contribution is -0.131. The molecule has 2 rings (SSSR count). The van der Waals surface area contributed by atoms with E-state index < -0.39 is 29.8 Å². The Morgan fingerprint density at radius 3 is 2.56 bits per heavy atom. The second-order valence-corrected chi connectivity index (χ2v) is 9.29. The zero-order valence-corrected chi connectivity index (χ0v) is 21.9. The van der Waals surface area contributed by atoms with Crippen molar-refractivity contribution in [3.8, 4) is 5.75 Å². The summed E-state index contributed by atoms with van der Waals surface area (Å²) in [5.41, 5.74) is 0.274. The van der Waals surface area contributed by atoms with Crippen LogP contribution in [-0.2, 0) is 14.4 Å². The molecule has 1 aromatic rings. The minimum absolute atomic E-state index is 0.167. The Morgan fingerprint density at radius 2 is 1.86 bits per heavy atom. The maximum atomic E-state index is 13.1. The molecule has 1 aliphatic rings. The zero-order valence-electron chi connectivity index (χ0n) is 21.9. The largest absolute Gasteiger partial charge is 0.493 e. The van der Waals surface area contributed by atoms with Crippen LogP contribution in [0.3, 0.4) is 0 Å². The first-order chi connectivity index (χ1) is 17.2. The minimum atomic E-state index is -1.12. The van der Waals surface area contributed by atoms with E-state index in [9.17, 15) is 19.2 Å². The summed E-state index contributed by atoms with van der Waals surface area (Å²) < 4.78 is 5.79. The van der Waals surface area contributed by atoms with Crippen LogP contribution in [0.25, 0.3) is 0 Å². The third-order valence-electron chi connectivity index (χ3n) is 6.00.